The van der Waals surface area contributed by atoms with Crippen LogP contribution in [0.1, 0.15) is 24.1 Å². The van der Waals surface area contributed by atoms with Crippen LogP contribution in [0.4, 0.5) is 10.1 Å². The van der Waals surface area contributed by atoms with Crippen molar-refractivity contribution in [1.29, 1.82) is 0 Å². The van der Waals surface area contributed by atoms with E-state index in [1.165, 1.54) is 11.6 Å². The number of thiocarbonyl (C=S) groups is 1. The van der Waals surface area contributed by atoms with Crippen LogP contribution >= 0.6 is 12.2 Å². The van der Waals surface area contributed by atoms with Gasteiger partial charge in [-0.3, -0.25) is 4.90 Å². The van der Waals surface area contributed by atoms with Crippen LogP contribution in [0.15, 0.2) is 48.5 Å². The zero-order valence-corrected chi connectivity index (χ0v) is 16.6. The van der Waals surface area contributed by atoms with Crippen molar-refractivity contribution < 1.29 is 9.13 Å². The average molecular weight is 388 g/mol. The molecule has 1 saturated heterocycles. The molecule has 6 heteroatoms. The van der Waals surface area contributed by atoms with Crippen LogP contribution in [-0.4, -0.2) is 42.4 Å². The van der Waals surface area contributed by atoms with E-state index in [2.05, 4.69) is 46.7 Å². The molecule has 2 N–H and O–H groups in total. The maximum absolute atomic E-state index is 13.8. The summed E-state index contributed by atoms with van der Waals surface area (Å²) in [5.41, 5.74) is 2.50. The van der Waals surface area contributed by atoms with Gasteiger partial charge >= 0.3 is 0 Å². The van der Waals surface area contributed by atoms with E-state index in [0.717, 1.165) is 26.3 Å². The van der Waals surface area contributed by atoms with Crippen molar-refractivity contribution in [3.63, 3.8) is 0 Å². The third-order valence-electron chi connectivity index (χ3n) is 4.84. The summed E-state index contributed by atoms with van der Waals surface area (Å²) in [7, 11) is 0. The molecule has 0 amide bonds. The molecule has 1 heterocycles. The van der Waals surface area contributed by atoms with Gasteiger partial charge in [-0.2, -0.15) is 0 Å². The number of morpholine rings is 1. The van der Waals surface area contributed by atoms with Crippen LogP contribution in [0.25, 0.3) is 0 Å². The van der Waals surface area contributed by atoms with Crippen molar-refractivity contribution in [2.24, 2.45) is 0 Å². The quantitative estimate of drug-likeness (QED) is 0.762. The molecular formula is C21H26FN3OS. The van der Waals surface area contributed by atoms with Gasteiger partial charge in [-0.05, 0) is 49.3 Å². The summed E-state index contributed by atoms with van der Waals surface area (Å²) in [6.45, 7) is 7.11. The van der Waals surface area contributed by atoms with E-state index in [9.17, 15) is 4.39 Å². The molecule has 2 atom stereocenters. The SMILES string of the molecule is Cc1ccc(NC(=S)N[C@H](C)[C@H](c2ccccc2)N2CCOCC2)cc1F. The van der Waals surface area contributed by atoms with Gasteiger partial charge in [-0.15, -0.1) is 0 Å². The van der Waals surface area contributed by atoms with Gasteiger partial charge in [0.25, 0.3) is 0 Å². The first-order chi connectivity index (χ1) is 13.0. The maximum atomic E-state index is 13.8. The Bertz CT molecular complexity index is 765. The lowest BCUT2D eigenvalue weighted by atomic mass is 9.98. The van der Waals surface area contributed by atoms with E-state index in [1.807, 2.05) is 12.1 Å². The van der Waals surface area contributed by atoms with Crippen LogP contribution in [-0.2, 0) is 4.74 Å². The summed E-state index contributed by atoms with van der Waals surface area (Å²) in [5, 5.41) is 6.95. The van der Waals surface area contributed by atoms with Gasteiger partial charge in [-0.1, -0.05) is 36.4 Å². The summed E-state index contributed by atoms with van der Waals surface area (Å²) in [6.07, 6.45) is 0. The highest BCUT2D eigenvalue weighted by atomic mass is 32.1. The summed E-state index contributed by atoms with van der Waals surface area (Å²) in [4.78, 5) is 2.42. The lowest BCUT2D eigenvalue weighted by Crippen LogP contribution is -2.49. The van der Waals surface area contributed by atoms with Gasteiger partial charge in [0, 0.05) is 24.8 Å². The van der Waals surface area contributed by atoms with Crippen LogP contribution in [0.2, 0.25) is 0 Å². The second-order valence-corrected chi connectivity index (χ2v) is 7.26. The Hall–Kier alpha value is -2.02. The van der Waals surface area contributed by atoms with Gasteiger partial charge in [0.15, 0.2) is 5.11 Å². The molecule has 3 rings (SSSR count). The number of hydrogen-bond donors (Lipinski definition) is 2. The van der Waals surface area contributed by atoms with Crippen molar-refractivity contribution in [1.82, 2.24) is 10.2 Å². The van der Waals surface area contributed by atoms with Crippen molar-refractivity contribution >= 4 is 23.0 Å². The summed E-state index contributed by atoms with van der Waals surface area (Å²) >= 11 is 5.47. The number of halogens is 1. The van der Waals surface area contributed by atoms with Gasteiger partial charge < -0.3 is 15.4 Å². The first-order valence-electron chi connectivity index (χ1n) is 9.25. The number of benzene rings is 2. The first-order valence-corrected chi connectivity index (χ1v) is 9.66. The smallest absolute Gasteiger partial charge is 0.171 e. The van der Waals surface area contributed by atoms with Crippen molar-refractivity contribution in [2.75, 3.05) is 31.6 Å². The average Bonchev–Trinajstić information content (AvgIpc) is 2.66. The third kappa shape index (κ3) is 5.25. The van der Waals surface area contributed by atoms with Crippen molar-refractivity contribution in [3.05, 3.63) is 65.5 Å². The van der Waals surface area contributed by atoms with E-state index in [0.29, 0.717) is 16.4 Å². The van der Waals surface area contributed by atoms with E-state index in [-0.39, 0.29) is 17.9 Å². The molecule has 2 aromatic carbocycles. The topological polar surface area (TPSA) is 36.5 Å². The summed E-state index contributed by atoms with van der Waals surface area (Å²) < 4.78 is 19.3. The molecule has 0 saturated carbocycles. The largest absolute Gasteiger partial charge is 0.379 e. The second kappa shape index (κ2) is 9.26. The number of nitrogens with zero attached hydrogens (tertiary/aromatic N) is 1. The summed E-state index contributed by atoms with van der Waals surface area (Å²) in [6, 6.07) is 15.7. The zero-order chi connectivity index (χ0) is 19.2. The van der Waals surface area contributed by atoms with E-state index >= 15 is 0 Å². The molecule has 144 valence electrons. The fourth-order valence-electron chi connectivity index (χ4n) is 3.45. The third-order valence-corrected chi connectivity index (χ3v) is 5.06. The molecule has 4 nitrogen and oxygen atoms in total. The van der Waals surface area contributed by atoms with Crippen LogP contribution in [0.3, 0.4) is 0 Å². The Morgan fingerprint density at radius 2 is 1.85 bits per heavy atom. The predicted molar refractivity (Wildman–Crippen MR) is 112 cm³/mol. The lowest BCUT2D eigenvalue weighted by Gasteiger charge is -2.38. The predicted octanol–water partition coefficient (Wildman–Crippen LogP) is 3.88. The van der Waals surface area contributed by atoms with Crippen molar-refractivity contribution in [3.8, 4) is 0 Å². The number of ether oxygens (including phenoxy) is 1. The molecule has 27 heavy (non-hydrogen) atoms. The van der Waals surface area contributed by atoms with Gasteiger partial charge in [-0.25, -0.2) is 4.39 Å². The Kier molecular flexibility index (Phi) is 6.77. The molecule has 0 aliphatic carbocycles. The van der Waals surface area contributed by atoms with Crippen LogP contribution in [0, 0.1) is 12.7 Å². The summed E-state index contributed by atoms with van der Waals surface area (Å²) in [5.74, 6) is -0.244. The molecule has 0 unspecified atom stereocenters. The highest BCUT2D eigenvalue weighted by molar-refractivity contribution is 7.80. The molecule has 0 bridgehead atoms. The second-order valence-electron chi connectivity index (χ2n) is 6.85. The molecule has 2 aromatic rings. The van der Waals surface area contributed by atoms with E-state index < -0.39 is 0 Å². The van der Waals surface area contributed by atoms with Crippen LogP contribution < -0.4 is 10.6 Å². The van der Waals surface area contributed by atoms with Gasteiger partial charge in [0.05, 0.1) is 19.3 Å². The minimum atomic E-state index is -0.244. The number of nitrogens with one attached hydrogen (secondary N) is 2. The highest BCUT2D eigenvalue weighted by Gasteiger charge is 2.28. The van der Waals surface area contributed by atoms with Gasteiger partial charge in [0.2, 0.25) is 0 Å². The Labute approximate surface area is 165 Å². The van der Waals surface area contributed by atoms with Crippen molar-refractivity contribution in [2.45, 2.75) is 25.9 Å². The molecular weight excluding hydrogens is 361 g/mol. The monoisotopic (exact) mass is 387 g/mol. The molecule has 0 spiro atoms. The van der Waals surface area contributed by atoms with E-state index in [1.54, 1.807) is 13.0 Å². The minimum Gasteiger partial charge on any atom is -0.379 e. The normalized spacial score (nSPS) is 17.1. The Morgan fingerprint density at radius 1 is 1.15 bits per heavy atom. The number of anilines is 1. The molecule has 0 aromatic heterocycles. The first kappa shape index (κ1) is 19.7. The zero-order valence-electron chi connectivity index (χ0n) is 15.7. The number of rotatable bonds is 5. The molecule has 0 radical (unpaired) electrons. The fourth-order valence-corrected chi connectivity index (χ4v) is 3.75. The fraction of sp³-hybridized carbons (Fsp3) is 0.381. The minimum absolute atomic E-state index is 0.0702. The standard InChI is InChI=1S/C21H26FN3OS/c1-15-8-9-18(14-19(15)22)24-21(27)23-16(2)20(17-6-4-3-5-7-17)25-10-12-26-13-11-25/h3-9,14,16,20H,10-13H2,1-2H3,(H2,23,24,27)/t16-,20-/m1/s1. The number of aryl methyl sites for hydroxylation is 1. The highest BCUT2D eigenvalue weighted by Crippen LogP contribution is 2.25. The maximum Gasteiger partial charge on any atom is 0.171 e. The molecule has 1 aliphatic rings. The molecule has 1 fully saturated rings. The lowest BCUT2D eigenvalue weighted by molar-refractivity contribution is 0.0102. The number of hydrogen-bond acceptors (Lipinski definition) is 3. The van der Waals surface area contributed by atoms with Crippen LogP contribution in [0.5, 0.6) is 0 Å². The Balaban J connectivity index is 1.70. The molecule has 1 aliphatic heterocycles. The Morgan fingerprint density at radius 3 is 2.52 bits per heavy atom. The van der Waals surface area contributed by atoms with Gasteiger partial charge in [0.1, 0.15) is 5.82 Å². The van der Waals surface area contributed by atoms with E-state index in [4.69, 9.17) is 17.0 Å².